The molecule has 3 atom stereocenters. The molecule has 2 saturated heterocycles. The van der Waals surface area contributed by atoms with Crippen LogP contribution in [0.5, 0.6) is 0 Å². The molecule has 0 spiro atoms. The second-order valence-corrected chi connectivity index (χ2v) is 6.98. The number of ether oxygens (including phenoxy) is 1. The van der Waals surface area contributed by atoms with Crippen LogP contribution in [0.4, 0.5) is 0 Å². The maximum atomic E-state index is 12.7. The first-order valence-electron chi connectivity index (χ1n) is 7.22. The predicted molar refractivity (Wildman–Crippen MR) is 79.4 cm³/mol. The molecule has 3 unspecified atom stereocenters. The number of carbonyl (C=O) groups excluding carboxylic acids is 2. The van der Waals surface area contributed by atoms with E-state index in [0.29, 0.717) is 24.7 Å². The van der Waals surface area contributed by atoms with Crippen LogP contribution in [0.1, 0.15) is 27.7 Å². The van der Waals surface area contributed by atoms with Crippen molar-refractivity contribution in [2.45, 2.75) is 45.9 Å². The fraction of sp³-hybridized carbons (Fsp3) is 0.857. The number of hydrogen-bond donors (Lipinski definition) is 0. The Kier molecular flexibility index (Phi) is 4.96. The summed E-state index contributed by atoms with van der Waals surface area (Å²) in [5, 5.41) is 0. The van der Waals surface area contributed by atoms with Crippen molar-refractivity contribution in [3.8, 4) is 0 Å². The highest BCUT2D eigenvalue weighted by atomic mass is 32.2. The van der Waals surface area contributed by atoms with E-state index in [1.807, 2.05) is 32.6 Å². The highest BCUT2D eigenvalue weighted by molar-refractivity contribution is 7.99. The largest absolute Gasteiger partial charge is 0.372 e. The normalized spacial score (nSPS) is 30.9. The topological polar surface area (TPSA) is 49.9 Å². The van der Waals surface area contributed by atoms with Gasteiger partial charge in [0.15, 0.2) is 0 Å². The molecule has 0 saturated carbocycles. The monoisotopic (exact) mass is 300 g/mol. The lowest BCUT2D eigenvalue weighted by atomic mass is 10.1. The van der Waals surface area contributed by atoms with Crippen LogP contribution in [0.2, 0.25) is 0 Å². The van der Waals surface area contributed by atoms with Crippen molar-refractivity contribution < 1.29 is 14.3 Å². The van der Waals surface area contributed by atoms with Gasteiger partial charge in [-0.15, -0.1) is 11.8 Å². The SMILES string of the molecule is CC1CN(C(=O)C2CSCN2C(=O)C(C)C)CC(C)O1. The van der Waals surface area contributed by atoms with Crippen LogP contribution < -0.4 is 0 Å². The molecule has 2 rings (SSSR count). The molecule has 0 aliphatic carbocycles. The van der Waals surface area contributed by atoms with E-state index in [-0.39, 0.29) is 36.0 Å². The third-order valence-electron chi connectivity index (χ3n) is 3.68. The first kappa shape index (κ1) is 15.6. The summed E-state index contributed by atoms with van der Waals surface area (Å²) in [6.45, 7) is 8.96. The Hall–Kier alpha value is -0.750. The molecular formula is C14H24N2O3S. The summed E-state index contributed by atoms with van der Waals surface area (Å²) in [6, 6.07) is -0.299. The third-order valence-corrected chi connectivity index (χ3v) is 4.69. The Bertz CT molecular complexity index is 379. The quantitative estimate of drug-likeness (QED) is 0.768. The van der Waals surface area contributed by atoms with E-state index in [4.69, 9.17) is 4.74 Å². The van der Waals surface area contributed by atoms with Gasteiger partial charge in [-0.05, 0) is 13.8 Å². The molecule has 0 bridgehead atoms. The average molecular weight is 300 g/mol. The minimum absolute atomic E-state index is 0.0611. The highest BCUT2D eigenvalue weighted by Gasteiger charge is 2.39. The number of hydrogen-bond acceptors (Lipinski definition) is 4. The summed E-state index contributed by atoms with van der Waals surface area (Å²) in [7, 11) is 0. The minimum Gasteiger partial charge on any atom is -0.372 e. The van der Waals surface area contributed by atoms with Crippen molar-refractivity contribution in [2.24, 2.45) is 5.92 Å². The summed E-state index contributed by atoms with van der Waals surface area (Å²) >= 11 is 1.66. The zero-order valence-corrected chi connectivity index (χ0v) is 13.5. The zero-order valence-electron chi connectivity index (χ0n) is 12.7. The predicted octanol–water partition coefficient (Wildman–Crippen LogP) is 1.18. The molecule has 20 heavy (non-hydrogen) atoms. The molecule has 0 aromatic carbocycles. The summed E-state index contributed by atoms with van der Waals surface area (Å²) in [4.78, 5) is 28.5. The Morgan fingerprint density at radius 2 is 1.80 bits per heavy atom. The van der Waals surface area contributed by atoms with Crippen LogP contribution in [-0.2, 0) is 14.3 Å². The number of amides is 2. The van der Waals surface area contributed by atoms with Gasteiger partial charge in [-0.25, -0.2) is 0 Å². The van der Waals surface area contributed by atoms with Crippen LogP contribution in [-0.4, -0.2) is 64.6 Å². The standard InChI is InChI=1S/C14H24N2O3S/c1-9(2)13(17)16-8-20-7-12(16)14(18)15-5-10(3)19-11(4)6-15/h9-12H,5-8H2,1-4H3. The van der Waals surface area contributed by atoms with E-state index < -0.39 is 0 Å². The van der Waals surface area contributed by atoms with E-state index in [1.54, 1.807) is 16.7 Å². The van der Waals surface area contributed by atoms with E-state index in [1.165, 1.54) is 0 Å². The van der Waals surface area contributed by atoms with Crippen LogP contribution in [0.25, 0.3) is 0 Å². The van der Waals surface area contributed by atoms with Gasteiger partial charge in [-0.2, -0.15) is 0 Å². The molecule has 5 nitrogen and oxygen atoms in total. The van der Waals surface area contributed by atoms with Gasteiger partial charge in [0.25, 0.3) is 0 Å². The summed E-state index contributed by atoms with van der Waals surface area (Å²) < 4.78 is 5.66. The van der Waals surface area contributed by atoms with Gasteiger partial charge in [-0.1, -0.05) is 13.8 Å². The van der Waals surface area contributed by atoms with Crippen LogP contribution >= 0.6 is 11.8 Å². The van der Waals surface area contributed by atoms with E-state index in [9.17, 15) is 9.59 Å². The maximum Gasteiger partial charge on any atom is 0.246 e. The molecule has 2 fully saturated rings. The van der Waals surface area contributed by atoms with Crippen molar-refractivity contribution in [2.75, 3.05) is 24.7 Å². The summed E-state index contributed by atoms with van der Waals surface area (Å²) in [5.41, 5.74) is 0. The van der Waals surface area contributed by atoms with Gasteiger partial charge >= 0.3 is 0 Å². The lowest BCUT2D eigenvalue weighted by Gasteiger charge is -2.38. The Labute approximate surface area is 125 Å². The lowest BCUT2D eigenvalue weighted by molar-refractivity contribution is -0.152. The first-order valence-corrected chi connectivity index (χ1v) is 8.38. The van der Waals surface area contributed by atoms with Crippen LogP contribution in [0, 0.1) is 5.92 Å². The minimum atomic E-state index is -0.299. The molecule has 114 valence electrons. The number of morpholine rings is 1. The van der Waals surface area contributed by atoms with Gasteiger partial charge in [-0.3, -0.25) is 9.59 Å². The Morgan fingerprint density at radius 3 is 2.35 bits per heavy atom. The fourth-order valence-electron chi connectivity index (χ4n) is 2.76. The molecule has 0 aromatic rings. The van der Waals surface area contributed by atoms with Crippen molar-refractivity contribution >= 4 is 23.6 Å². The van der Waals surface area contributed by atoms with E-state index >= 15 is 0 Å². The van der Waals surface area contributed by atoms with Gasteiger partial charge in [0.05, 0.1) is 18.1 Å². The molecule has 0 N–H and O–H groups in total. The molecule has 2 aliphatic rings. The molecule has 0 aromatic heterocycles. The maximum absolute atomic E-state index is 12.7. The number of rotatable bonds is 2. The fourth-order valence-corrected chi connectivity index (χ4v) is 3.92. The third kappa shape index (κ3) is 3.28. The molecule has 2 aliphatic heterocycles. The number of nitrogens with zero attached hydrogens (tertiary/aromatic N) is 2. The molecule has 0 radical (unpaired) electrons. The molecule has 2 amide bonds. The number of carbonyl (C=O) groups is 2. The van der Waals surface area contributed by atoms with E-state index in [2.05, 4.69) is 0 Å². The lowest BCUT2D eigenvalue weighted by Crippen LogP contribution is -2.55. The van der Waals surface area contributed by atoms with Gasteiger partial charge in [0, 0.05) is 24.8 Å². The van der Waals surface area contributed by atoms with Gasteiger partial charge < -0.3 is 14.5 Å². The molecule has 6 heteroatoms. The zero-order chi connectivity index (χ0) is 14.9. The summed E-state index contributed by atoms with van der Waals surface area (Å²) in [6.07, 6.45) is 0.122. The second kappa shape index (κ2) is 6.35. The van der Waals surface area contributed by atoms with Crippen molar-refractivity contribution in [1.29, 1.82) is 0 Å². The van der Waals surface area contributed by atoms with Gasteiger partial charge in [0.2, 0.25) is 11.8 Å². The average Bonchev–Trinajstić information content (AvgIpc) is 2.84. The van der Waals surface area contributed by atoms with Gasteiger partial charge in [0.1, 0.15) is 6.04 Å². The van der Waals surface area contributed by atoms with E-state index in [0.717, 1.165) is 0 Å². The van der Waals surface area contributed by atoms with Crippen molar-refractivity contribution in [3.63, 3.8) is 0 Å². The van der Waals surface area contributed by atoms with Crippen molar-refractivity contribution in [3.05, 3.63) is 0 Å². The molecular weight excluding hydrogens is 276 g/mol. The van der Waals surface area contributed by atoms with Crippen molar-refractivity contribution in [1.82, 2.24) is 9.80 Å². The second-order valence-electron chi connectivity index (χ2n) is 5.98. The van der Waals surface area contributed by atoms with Crippen LogP contribution in [0.15, 0.2) is 0 Å². The Balaban J connectivity index is 2.05. The van der Waals surface area contributed by atoms with Crippen LogP contribution in [0.3, 0.4) is 0 Å². The number of thioether (sulfide) groups is 1. The first-order chi connectivity index (χ1) is 9.40. The Morgan fingerprint density at radius 1 is 1.20 bits per heavy atom. The smallest absolute Gasteiger partial charge is 0.246 e. The highest BCUT2D eigenvalue weighted by Crippen LogP contribution is 2.25. The summed E-state index contributed by atoms with van der Waals surface area (Å²) in [5.74, 6) is 1.42. The molecule has 2 heterocycles.